The Bertz CT molecular complexity index is 489. The van der Waals surface area contributed by atoms with E-state index in [1.807, 2.05) is 0 Å². The van der Waals surface area contributed by atoms with Gasteiger partial charge in [0.2, 0.25) is 0 Å². The zero-order valence-corrected chi connectivity index (χ0v) is 12.4. The Morgan fingerprint density at radius 3 is 2.80 bits per heavy atom. The van der Waals surface area contributed by atoms with Crippen molar-refractivity contribution in [2.45, 2.75) is 51.5 Å². The third-order valence-electron chi connectivity index (χ3n) is 4.69. The van der Waals surface area contributed by atoms with Crippen molar-refractivity contribution in [3.05, 3.63) is 29.8 Å². The lowest BCUT2D eigenvalue weighted by molar-refractivity contribution is 0.322. The van der Waals surface area contributed by atoms with Gasteiger partial charge in [0.25, 0.3) is 0 Å². The highest BCUT2D eigenvalue weighted by Gasteiger charge is 2.30. The minimum atomic E-state index is 0.458. The van der Waals surface area contributed by atoms with Gasteiger partial charge in [-0.05, 0) is 37.0 Å². The van der Waals surface area contributed by atoms with Gasteiger partial charge in [-0.25, -0.2) is 0 Å². The fourth-order valence-electron chi connectivity index (χ4n) is 3.65. The zero-order chi connectivity index (χ0) is 13.9. The molecule has 2 N–H and O–H groups in total. The van der Waals surface area contributed by atoms with Gasteiger partial charge in [-0.3, -0.25) is 4.99 Å². The summed E-state index contributed by atoms with van der Waals surface area (Å²) in [7, 11) is 0. The van der Waals surface area contributed by atoms with Crippen LogP contribution in [0.5, 0.6) is 0 Å². The molecule has 1 unspecified atom stereocenters. The first-order valence-electron chi connectivity index (χ1n) is 7.90. The summed E-state index contributed by atoms with van der Waals surface area (Å²) in [4.78, 5) is 6.74. The summed E-state index contributed by atoms with van der Waals surface area (Å²) in [5.41, 5.74) is 8.61. The predicted molar refractivity (Wildman–Crippen MR) is 85.1 cm³/mol. The summed E-state index contributed by atoms with van der Waals surface area (Å²) >= 11 is 0. The van der Waals surface area contributed by atoms with Crippen molar-refractivity contribution in [2.24, 2.45) is 16.6 Å². The van der Waals surface area contributed by atoms with Gasteiger partial charge in [0.05, 0.1) is 12.6 Å². The molecule has 0 spiro atoms. The molecule has 1 aromatic carbocycles. The minimum absolute atomic E-state index is 0.458. The number of aliphatic imine (C=N–C) groups is 1. The lowest BCUT2D eigenvalue weighted by Crippen LogP contribution is -2.42. The molecule has 0 aromatic heterocycles. The second kappa shape index (κ2) is 5.86. The molecule has 0 radical (unpaired) electrons. The highest BCUT2D eigenvalue weighted by atomic mass is 15.3. The van der Waals surface area contributed by atoms with E-state index in [2.05, 4.69) is 41.1 Å². The first kappa shape index (κ1) is 13.5. The normalized spacial score (nSPS) is 23.9. The van der Waals surface area contributed by atoms with Crippen molar-refractivity contribution in [1.82, 2.24) is 0 Å². The van der Waals surface area contributed by atoms with Crippen LogP contribution in [-0.4, -0.2) is 18.5 Å². The zero-order valence-electron chi connectivity index (χ0n) is 12.4. The van der Waals surface area contributed by atoms with Crippen LogP contribution >= 0.6 is 0 Å². The Morgan fingerprint density at radius 1 is 1.25 bits per heavy atom. The van der Waals surface area contributed by atoms with Crippen LogP contribution in [0.1, 0.15) is 44.1 Å². The minimum Gasteiger partial charge on any atom is -0.370 e. The first-order valence-corrected chi connectivity index (χ1v) is 7.90. The average Bonchev–Trinajstić information content (AvgIpc) is 2.81. The summed E-state index contributed by atoms with van der Waals surface area (Å²) in [5, 5.41) is 0. The smallest absolute Gasteiger partial charge is 0.196 e. The number of hydrogen-bond acceptors (Lipinski definition) is 3. The van der Waals surface area contributed by atoms with E-state index < -0.39 is 0 Å². The molecule has 1 saturated carbocycles. The van der Waals surface area contributed by atoms with E-state index in [1.54, 1.807) is 0 Å². The van der Waals surface area contributed by atoms with E-state index in [0.29, 0.717) is 12.0 Å². The van der Waals surface area contributed by atoms with Crippen molar-refractivity contribution in [3.63, 3.8) is 0 Å². The average molecular weight is 271 g/mol. The van der Waals surface area contributed by atoms with Crippen LogP contribution in [0.4, 0.5) is 5.69 Å². The van der Waals surface area contributed by atoms with E-state index >= 15 is 0 Å². The topological polar surface area (TPSA) is 41.6 Å². The number of aryl methyl sites for hydroxylation is 1. The molecule has 108 valence electrons. The van der Waals surface area contributed by atoms with Gasteiger partial charge in [-0.2, -0.15) is 0 Å². The maximum Gasteiger partial charge on any atom is 0.196 e. The van der Waals surface area contributed by atoms with Crippen LogP contribution < -0.4 is 10.6 Å². The molecule has 1 aromatic rings. The van der Waals surface area contributed by atoms with Crippen LogP contribution in [-0.2, 0) is 0 Å². The molecule has 1 atom stereocenters. The highest BCUT2D eigenvalue weighted by molar-refractivity contribution is 5.97. The molecule has 2 aliphatic rings. The monoisotopic (exact) mass is 271 g/mol. The van der Waals surface area contributed by atoms with E-state index in [0.717, 1.165) is 12.5 Å². The number of nitrogens with two attached hydrogens (primary N) is 1. The Kier molecular flexibility index (Phi) is 3.95. The number of anilines is 1. The Morgan fingerprint density at radius 2 is 2.05 bits per heavy atom. The lowest BCUT2D eigenvalue weighted by atomic mass is 9.84. The van der Waals surface area contributed by atoms with Crippen molar-refractivity contribution in [3.8, 4) is 0 Å². The number of nitrogens with zero attached hydrogens (tertiary/aromatic N) is 2. The Hall–Kier alpha value is -1.51. The van der Waals surface area contributed by atoms with E-state index in [4.69, 9.17) is 5.73 Å². The third kappa shape index (κ3) is 2.82. The molecule has 0 amide bonds. The molecule has 3 rings (SSSR count). The van der Waals surface area contributed by atoms with Crippen LogP contribution in [0.2, 0.25) is 0 Å². The van der Waals surface area contributed by atoms with E-state index in [9.17, 15) is 0 Å². The number of benzene rings is 1. The molecule has 1 heterocycles. The third-order valence-corrected chi connectivity index (χ3v) is 4.69. The van der Waals surface area contributed by atoms with Crippen LogP contribution in [0, 0.1) is 12.8 Å². The van der Waals surface area contributed by atoms with Crippen LogP contribution in [0.3, 0.4) is 0 Å². The van der Waals surface area contributed by atoms with E-state index in [-0.39, 0.29) is 0 Å². The number of guanidine groups is 1. The first-order chi connectivity index (χ1) is 9.74. The van der Waals surface area contributed by atoms with Gasteiger partial charge < -0.3 is 10.6 Å². The van der Waals surface area contributed by atoms with Crippen LogP contribution in [0.15, 0.2) is 29.3 Å². The second-order valence-electron chi connectivity index (χ2n) is 6.30. The highest BCUT2D eigenvalue weighted by Crippen LogP contribution is 2.31. The summed E-state index contributed by atoms with van der Waals surface area (Å²) < 4.78 is 0. The SMILES string of the molecule is Cc1cccc(N2C(N)=NCC2CC2CCCCC2)c1. The fraction of sp³-hybridized carbons (Fsp3) is 0.588. The van der Waals surface area contributed by atoms with Crippen molar-refractivity contribution in [1.29, 1.82) is 0 Å². The van der Waals surface area contributed by atoms with Gasteiger partial charge >= 0.3 is 0 Å². The molecule has 20 heavy (non-hydrogen) atoms. The largest absolute Gasteiger partial charge is 0.370 e. The van der Waals surface area contributed by atoms with Gasteiger partial charge in [0.15, 0.2) is 5.96 Å². The summed E-state index contributed by atoms with van der Waals surface area (Å²) in [6.07, 6.45) is 8.23. The Balaban J connectivity index is 1.74. The fourth-order valence-corrected chi connectivity index (χ4v) is 3.65. The summed E-state index contributed by atoms with van der Waals surface area (Å²) in [5.74, 6) is 1.55. The lowest BCUT2D eigenvalue weighted by Gasteiger charge is -2.31. The number of hydrogen-bond donors (Lipinski definition) is 1. The summed E-state index contributed by atoms with van der Waals surface area (Å²) in [6.45, 7) is 2.99. The molecule has 1 aliphatic carbocycles. The van der Waals surface area contributed by atoms with Gasteiger partial charge in [0, 0.05) is 5.69 Å². The van der Waals surface area contributed by atoms with Crippen molar-refractivity contribution in [2.75, 3.05) is 11.4 Å². The Labute approximate surface area is 121 Å². The molecule has 3 heteroatoms. The molecule has 0 saturated heterocycles. The van der Waals surface area contributed by atoms with Gasteiger partial charge in [-0.1, -0.05) is 44.2 Å². The maximum absolute atomic E-state index is 6.13. The molecular weight excluding hydrogens is 246 g/mol. The number of rotatable bonds is 3. The quantitative estimate of drug-likeness (QED) is 0.914. The van der Waals surface area contributed by atoms with E-state index in [1.165, 1.54) is 49.8 Å². The molecule has 1 fully saturated rings. The molecular formula is C17H25N3. The standard InChI is InChI=1S/C17H25N3/c1-13-6-5-9-15(10-13)20-16(12-19-17(20)18)11-14-7-3-2-4-8-14/h5-6,9-10,14,16H,2-4,7-8,11-12H2,1H3,(H2,18,19). The van der Waals surface area contributed by atoms with Gasteiger partial charge in [0.1, 0.15) is 0 Å². The van der Waals surface area contributed by atoms with Crippen molar-refractivity contribution >= 4 is 11.6 Å². The molecule has 1 aliphatic heterocycles. The second-order valence-corrected chi connectivity index (χ2v) is 6.30. The molecule has 3 nitrogen and oxygen atoms in total. The summed E-state index contributed by atoms with van der Waals surface area (Å²) in [6, 6.07) is 9.05. The van der Waals surface area contributed by atoms with Crippen LogP contribution in [0.25, 0.3) is 0 Å². The molecule has 0 bridgehead atoms. The van der Waals surface area contributed by atoms with Gasteiger partial charge in [-0.15, -0.1) is 0 Å². The van der Waals surface area contributed by atoms with Crippen molar-refractivity contribution < 1.29 is 0 Å². The maximum atomic E-state index is 6.13. The predicted octanol–water partition coefficient (Wildman–Crippen LogP) is 3.47.